The second kappa shape index (κ2) is 6.31. The third-order valence-electron chi connectivity index (χ3n) is 2.62. The first kappa shape index (κ1) is 15.9. The molecule has 1 aromatic rings. The molecule has 0 bridgehead atoms. The van der Waals surface area contributed by atoms with Crippen LogP contribution in [0.5, 0.6) is 0 Å². The van der Waals surface area contributed by atoms with Crippen LogP contribution in [0.3, 0.4) is 0 Å². The second-order valence-electron chi connectivity index (χ2n) is 4.54. The van der Waals surface area contributed by atoms with Gasteiger partial charge >= 0.3 is 0 Å². The fourth-order valence-electron chi connectivity index (χ4n) is 1.64. The molecule has 5 nitrogen and oxygen atoms in total. The van der Waals surface area contributed by atoms with E-state index in [-0.39, 0.29) is 17.8 Å². The van der Waals surface area contributed by atoms with E-state index in [4.69, 9.17) is 10.8 Å². The van der Waals surface area contributed by atoms with Crippen LogP contribution in [0.1, 0.15) is 25.3 Å². The monoisotopic (exact) mass is 290 g/mol. The number of aliphatic hydroxyl groups excluding tert-OH is 1. The maximum Gasteiger partial charge on any atom is 0.243 e. The van der Waals surface area contributed by atoms with Crippen molar-refractivity contribution in [2.45, 2.75) is 37.7 Å². The Morgan fingerprint density at radius 3 is 2.68 bits per heavy atom. The predicted octanol–water partition coefficient (Wildman–Crippen LogP) is 1.16. The van der Waals surface area contributed by atoms with Crippen molar-refractivity contribution >= 4 is 15.7 Å². The van der Waals surface area contributed by atoms with E-state index in [1.54, 1.807) is 6.92 Å². The second-order valence-corrected chi connectivity index (χ2v) is 6.27. The molecule has 0 fully saturated rings. The first-order chi connectivity index (χ1) is 8.74. The highest BCUT2D eigenvalue weighted by molar-refractivity contribution is 7.89. The van der Waals surface area contributed by atoms with E-state index in [2.05, 4.69) is 4.72 Å². The third-order valence-corrected chi connectivity index (χ3v) is 4.08. The molecule has 1 aromatic carbocycles. The molecule has 0 aliphatic carbocycles. The highest BCUT2D eigenvalue weighted by Crippen LogP contribution is 2.21. The number of nitrogen functional groups attached to an aromatic ring is 1. The van der Waals surface area contributed by atoms with Crippen LogP contribution in [0, 0.1) is 12.7 Å². The van der Waals surface area contributed by atoms with Gasteiger partial charge in [0.25, 0.3) is 0 Å². The molecule has 19 heavy (non-hydrogen) atoms. The zero-order valence-electron chi connectivity index (χ0n) is 11.0. The van der Waals surface area contributed by atoms with Crippen molar-refractivity contribution in [1.29, 1.82) is 0 Å². The Morgan fingerprint density at radius 2 is 2.11 bits per heavy atom. The average molecular weight is 290 g/mol. The molecular weight excluding hydrogens is 271 g/mol. The smallest absolute Gasteiger partial charge is 0.243 e. The highest BCUT2D eigenvalue weighted by atomic mass is 32.2. The minimum Gasteiger partial charge on any atom is -0.399 e. The maximum absolute atomic E-state index is 13.8. The molecule has 0 heterocycles. The molecule has 0 saturated carbocycles. The quantitative estimate of drug-likeness (QED) is 0.541. The largest absolute Gasteiger partial charge is 0.399 e. The molecule has 108 valence electrons. The molecular formula is C12H19FN2O3S. The van der Waals surface area contributed by atoms with Gasteiger partial charge in [-0.1, -0.05) is 0 Å². The molecule has 7 heteroatoms. The van der Waals surface area contributed by atoms with E-state index in [1.807, 2.05) is 0 Å². The van der Waals surface area contributed by atoms with Crippen LogP contribution in [0.15, 0.2) is 17.0 Å². The van der Waals surface area contributed by atoms with Gasteiger partial charge in [-0.05, 0) is 44.4 Å². The molecule has 1 atom stereocenters. The van der Waals surface area contributed by atoms with Crippen molar-refractivity contribution < 1.29 is 17.9 Å². The SMILES string of the molecule is Cc1cc(N)cc(S(=O)(=O)NCCCC(C)O)c1F. The summed E-state index contributed by atoms with van der Waals surface area (Å²) in [6.45, 7) is 3.22. The highest BCUT2D eigenvalue weighted by Gasteiger charge is 2.20. The van der Waals surface area contributed by atoms with Gasteiger partial charge in [0, 0.05) is 12.2 Å². The summed E-state index contributed by atoms with van der Waals surface area (Å²) in [4.78, 5) is -0.443. The van der Waals surface area contributed by atoms with Gasteiger partial charge in [-0.3, -0.25) is 0 Å². The van der Waals surface area contributed by atoms with Gasteiger partial charge in [0.15, 0.2) is 0 Å². The summed E-state index contributed by atoms with van der Waals surface area (Å²) in [6.07, 6.45) is 0.455. The number of sulfonamides is 1. The molecule has 0 radical (unpaired) electrons. The van der Waals surface area contributed by atoms with Gasteiger partial charge in [0.2, 0.25) is 10.0 Å². The zero-order chi connectivity index (χ0) is 14.6. The Balaban J connectivity index is 2.83. The van der Waals surface area contributed by atoms with Crippen LogP contribution in [0.4, 0.5) is 10.1 Å². The van der Waals surface area contributed by atoms with Crippen LogP contribution in [0.2, 0.25) is 0 Å². The first-order valence-corrected chi connectivity index (χ1v) is 7.45. The number of hydrogen-bond donors (Lipinski definition) is 3. The normalized spacial score (nSPS) is 13.5. The maximum atomic E-state index is 13.8. The van der Waals surface area contributed by atoms with E-state index in [9.17, 15) is 12.8 Å². The van der Waals surface area contributed by atoms with Gasteiger partial charge < -0.3 is 10.8 Å². The Morgan fingerprint density at radius 1 is 1.47 bits per heavy atom. The number of anilines is 1. The van der Waals surface area contributed by atoms with Gasteiger partial charge in [-0.25, -0.2) is 17.5 Å². The van der Waals surface area contributed by atoms with Gasteiger partial charge in [-0.2, -0.15) is 0 Å². The lowest BCUT2D eigenvalue weighted by molar-refractivity contribution is 0.182. The Kier molecular flexibility index (Phi) is 5.28. The van der Waals surface area contributed by atoms with Gasteiger partial charge in [0.1, 0.15) is 10.7 Å². The number of aliphatic hydroxyl groups is 1. The van der Waals surface area contributed by atoms with Crippen molar-refractivity contribution in [1.82, 2.24) is 4.72 Å². The molecule has 0 aromatic heterocycles. The number of benzene rings is 1. The number of hydrogen-bond acceptors (Lipinski definition) is 4. The molecule has 0 saturated heterocycles. The van der Waals surface area contributed by atoms with Crippen molar-refractivity contribution in [3.63, 3.8) is 0 Å². The van der Waals surface area contributed by atoms with E-state index < -0.39 is 26.8 Å². The Hall–Kier alpha value is -1.18. The van der Waals surface area contributed by atoms with Gasteiger partial charge in [-0.15, -0.1) is 0 Å². The molecule has 0 aliphatic rings. The number of halogens is 1. The third kappa shape index (κ3) is 4.45. The number of nitrogens with two attached hydrogens (primary N) is 1. The standard InChI is InChI=1S/C12H19FN2O3S/c1-8-6-10(14)7-11(12(8)13)19(17,18)15-5-3-4-9(2)16/h6-7,9,15-16H,3-5,14H2,1-2H3. The van der Waals surface area contributed by atoms with Crippen molar-refractivity contribution in [3.05, 3.63) is 23.5 Å². The lowest BCUT2D eigenvalue weighted by atomic mass is 10.2. The summed E-state index contributed by atoms with van der Waals surface area (Å²) in [7, 11) is -3.92. The Bertz CT molecular complexity index is 544. The van der Waals surface area contributed by atoms with Crippen LogP contribution >= 0.6 is 0 Å². The number of nitrogens with one attached hydrogen (secondary N) is 1. The summed E-state index contributed by atoms with van der Waals surface area (Å²) in [5, 5.41) is 9.06. The lowest BCUT2D eigenvalue weighted by Crippen LogP contribution is -2.26. The van der Waals surface area contributed by atoms with Crippen molar-refractivity contribution in [3.8, 4) is 0 Å². The summed E-state index contributed by atoms with van der Waals surface area (Å²) < 4.78 is 40.0. The molecule has 1 unspecified atom stereocenters. The summed E-state index contributed by atoms with van der Waals surface area (Å²) in [5.41, 5.74) is 5.91. The van der Waals surface area contributed by atoms with E-state index in [0.29, 0.717) is 12.8 Å². The number of rotatable bonds is 6. The van der Waals surface area contributed by atoms with E-state index in [0.717, 1.165) is 6.07 Å². The predicted molar refractivity (Wildman–Crippen MR) is 71.7 cm³/mol. The molecule has 1 rings (SSSR count). The fourth-order valence-corrected chi connectivity index (χ4v) is 2.90. The van der Waals surface area contributed by atoms with Crippen molar-refractivity contribution in [2.24, 2.45) is 0 Å². The summed E-state index contributed by atoms with van der Waals surface area (Å²) in [5.74, 6) is -0.794. The Labute approximate surface area is 112 Å². The molecule has 0 amide bonds. The molecule has 0 spiro atoms. The minimum absolute atomic E-state index is 0.139. The van der Waals surface area contributed by atoms with E-state index in [1.165, 1.54) is 13.0 Å². The van der Waals surface area contributed by atoms with Crippen LogP contribution in [0.25, 0.3) is 0 Å². The lowest BCUT2D eigenvalue weighted by Gasteiger charge is -2.10. The summed E-state index contributed by atoms with van der Waals surface area (Å²) >= 11 is 0. The van der Waals surface area contributed by atoms with Gasteiger partial charge in [0.05, 0.1) is 6.10 Å². The van der Waals surface area contributed by atoms with Crippen molar-refractivity contribution in [2.75, 3.05) is 12.3 Å². The topological polar surface area (TPSA) is 92.4 Å². The molecule has 0 aliphatic heterocycles. The van der Waals surface area contributed by atoms with E-state index >= 15 is 0 Å². The number of aryl methyl sites for hydroxylation is 1. The molecule has 4 N–H and O–H groups in total. The van der Waals surface area contributed by atoms with Crippen LogP contribution in [-0.4, -0.2) is 26.2 Å². The fraction of sp³-hybridized carbons (Fsp3) is 0.500. The summed E-state index contributed by atoms with van der Waals surface area (Å²) in [6, 6.07) is 2.47. The zero-order valence-corrected chi connectivity index (χ0v) is 11.8. The average Bonchev–Trinajstić information content (AvgIpc) is 2.29. The van der Waals surface area contributed by atoms with Crippen LogP contribution in [-0.2, 0) is 10.0 Å². The van der Waals surface area contributed by atoms with Crippen LogP contribution < -0.4 is 10.5 Å². The minimum atomic E-state index is -3.92. The first-order valence-electron chi connectivity index (χ1n) is 5.97.